The first-order valence-electron chi connectivity index (χ1n) is 11.0. The van der Waals surface area contributed by atoms with Crippen molar-refractivity contribution in [1.82, 2.24) is 0 Å². The van der Waals surface area contributed by atoms with Gasteiger partial charge in [0.15, 0.2) is 6.20 Å². The number of halogens is 1. The Morgan fingerprint density at radius 3 is 2.09 bits per heavy atom. The van der Waals surface area contributed by atoms with Crippen LogP contribution >= 0.6 is 0 Å². The van der Waals surface area contributed by atoms with E-state index in [1.165, 1.54) is 5.56 Å². The molecule has 0 atom stereocenters. The fourth-order valence-corrected chi connectivity index (χ4v) is 4.49. The Morgan fingerprint density at radius 1 is 0.781 bits per heavy atom. The minimum Gasteiger partial charge on any atom is -0.454 e. The number of nitrogens with zero attached hydrogens (tertiary/aromatic N) is 1. The first kappa shape index (κ1) is 20.4. The molecule has 0 aliphatic rings. The zero-order valence-electron chi connectivity index (χ0n) is 19.2. The highest BCUT2D eigenvalue weighted by Gasteiger charge is 2.23. The molecule has 5 aromatic rings. The van der Waals surface area contributed by atoms with E-state index < -0.39 is 0 Å². The summed E-state index contributed by atoms with van der Waals surface area (Å²) in [5, 5.41) is 1.92. The number of aryl methyl sites for hydroxylation is 2. The van der Waals surface area contributed by atoms with Crippen molar-refractivity contribution < 1.29 is 13.4 Å². The molecule has 0 aliphatic carbocycles. The molecule has 160 valence electrons. The lowest BCUT2D eigenvalue weighted by molar-refractivity contribution is -0.660. The van der Waals surface area contributed by atoms with Gasteiger partial charge in [-0.25, -0.2) is 8.96 Å². The number of furan rings is 1. The van der Waals surface area contributed by atoms with Crippen molar-refractivity contribution >= 4 is 21.9 Å². The lowest BCUT2D eigenvalue weighted by Gasteiger charge is -2.19. The van der Waals surface area contributed by atoms with Crippen LogP contribution in [0.4, 0.5) is 4.39 Å². The van der Waals surface area contributed by atoms with Gasteiger partial charge in [0.1, 0.15) is 24.0 Å². The Bertz CT molecular complexity index is 1470. The number of aromatic nitrogens is 1. The molecule has 0 fully saturated rings. The summed E-state index contributed by atoms with van der Waals surface area (Å²) in [6, 6.07) is 21.8. The van der Waals surface area contributed by atoms with Crippen LogP contribution < -0.4 is 4.57 Å². The van der Waals surface area contributed by atoms with Crippen molar-refractivity contribution in [2.45, 2.75) is 33.1 Å². The maximum Gasteiger partial charge on any atom is 0.216 e. The Hall–Kier alpha value is -3.46. The van der Waals surface area contributed by atoms with E-state index >= 15 is 4.39 Å². The van der Waals surface area contributed by atoms with Gasteiger partial charge in [-0.3, -0.25) is 0 Å². The SMILES string of the molecule is Cc1ccc2c(oc3c(-c4ccc(C(C)(C)C)cc4)c(F)ccc32)c1-c1cccc[n+]1C. The second kappa shape index (κ2) is 7.30. The summed E-state index contributed by atoms with van der Waals surface area (Å²) in [6.45, 7) is 8.61. The average Bonchev–Trinajstić information content (AvgIpc) is 3.12. The average molecular weight is 425 g/mol. The van der Waals surface area contributed by atoms with E-state index in [1.807, 2.05) is 43.6 Å². The molecule has 0 saturated carbocycles. The fraction of sp³-hybridized carbons (Fsp3) is 0.207. The van der Waals surface area contributed by atoms with Crippen LogP contribution in [0.15, 0.2) is 77.3 Å². The van der Waals surface area contributed by atoms with Crippen molar-refractivity contribution in [3.8, 4) is 22.4 Å². The van der Waals surface area contributed by atoms with Crippen LogP contribution in [0.2, 0.25) is 0 Å². The zero-order chi connectivity index (χ0) is 22.6. The minimum absolute atomic E-state index is 0.0418. The van der Waals surface area contributed by atoms with E-state index in [2.05, 4.69) is 62.6 Å². The predicted octanol–water partition coefficient (Wildman–Crippen LogP) is 7.49. The van der Waals surface area contributed by atoms with Gasteiger partial charge in [-0.1, -0.05) is 57.2 Å². The number of hydrogen-bond acceptors (Lipinski definition) is 1. The van der Waals surface area contributed by atoms with E-state index in [-0.39, 0.29) is 11.2 Å². The standard InChI is InChI=1S/C29H27FNO/c1-18-9-14-21-22-15-16-23(30)26(19-10-12-20(13-11-19)29(2,3)4)28(22)32-27(21)25(18)24-8-6-7-17-31(24)5/h6-17H,1-5H3/q+1. The van der Waals surface area contributed by atoms with Crippen LogP contribution in [-0.4, -0.2) is 0 Å². The highest BCUT2D eigenvalue weighted by Crippen LogP contribution is 2.41. The van der Waals surface area contributed by atoms with Gasteiger partial charge in [-0.15, -0.1) is 0 Å². The van der Waals surface area contributed by atoms with Crippen LogP contribution in [-0.2, 0) is 12.5 Å². The monoisotopic (exact) mass is 424 g/mol. The van der Waals surface area contributed by atoms with Gasteiger partial charge < -0.3 is 4.42 Å². The van der Waals surface area contributed by atoms with Gasteiger partial charge >= 0.3 is 0 Å². The van der Waals surface area contributed by atoms with E-state index in [1.54, 1.807) is 6.07 Å². The Morgan fingerprint density at radius 2 is 1.44 bits per heavy atom. The van der Waals surface area contributed by atoms with Gasteiger partial charge in [0.05, 0.1) is 11.1 Å². The van der Waals surface area contributed by atoms with E-state index in [9.17, 15) is 0 Å². The van der Waals surface area contributed by atoms with Crippen molar-refractivity contribution in [2.75, 3.05) is 0 Å². The predicted molar refractivity (Wildman–Crippen MR) is 129 cm³/mol. The molecule has 0 unspecified atom stereocenters. The molecule has 0 N–H and O–H groups in total. The number of pyridine rings is 1. The largest absolute Gasteiger partial charge is 0.454 e. The third-order valence-electron chi connectivity index (χ3n) is 6.32. The summed E-state index contributed by atoms with van der Waals surface area (Å²) in [5.74, 6) is -0.274. The third-order valence-corrected chi connectivity index (χ3v) is 6.32. The molecule has 2 nitrogen and oxygen atoms in total. The Kier molecular flexibility index (Phi) is 4.67. The second-order valence-electron chi connectivity index (χ2n) is 9.56. The molecule has 0 amide bonds. The normalized spacial score (nSPS) is 12.1. The summed E-state index contributed by atoms with van der Waals surface area (Å²) in [7, 11) is 2.03. The molecule has 0 saturated heterocycles. The second-order valence-corrected chi connectivity index (χ2v) is 9.56. The van der Waals surface area contributed by atoms with Gasteiger partial charge in [-0.05, 0) is 47.2 Å². The van der Waals surface area contributed by atoms with Gasteiger partial charge in [0, 0.05) is 22.9 Å². The van der Waals surface area contributed by atoms with Crippen LogP contribution in [0, 0.1) is 12.7 Å². The van der Waals surface area contributed by atoms with Crippen LogP contribution in [0.25, 0.3) is 44.3 Å². The van der Waals surface area contributed by atoms with E-state index in [4.69, 9.17) is 4.42 Å². The van der Waals surface area contributed by atoms with Crippen LogP contribution in [0.1, 0.15) is 31.9 Å². The molecule has 5 rings (SSSR count). The van der Waals surface area contributed by atoms with Gasteiger partial charge in [0.25, 0.3) is 0 Å². The molecular formula is C29H27FNO+. The van der Waals surface area contributed by atoms with Crippen molar-refractivity contribution in [3.05, 3.63) is 89.9 Å². The molecular weight excluding hydrogens is 397 g/mol. The lowest BCUT2D eigenvalue weighted by atomic mass is 9.86. The summed E-state index contributed by atoms with van der Waals surface area (Å²) < 4.78 is 23.7. The number of benzene rings is 3. The quantitative estimate of drug-likeness (QED) is 0.268. The molecule has 2 heterocycles. The number of hydrogen-bond donors (Lipinski definition) is 0. The van der Waals surface area contributed by atoms with Gasteiger partial charge in [0.2, 0.25) is 5.69 Å². The summed E-state index contributed by atoms with van der Waals surface area (Å²) >= 11 is 0. The van der Waals surface area contributed by atoms with Crippen molar-refractivity contribution in [1.29, 1.82) is 0 Å². The topological polar surface area (TPSA) is 17.0 Å². The lowest BCUT2D eigenvalue weighted by Crippen LogP contribution is -2.30. The van der Waals surface area contributed by atoms with Crippen molar-refractivity contribution in [2.24, 2.45) is 7.05 Å². The third kappa shape index (κ3) is 3.20. The summed E-state index contributed by atoms with van der Waals surface area (Å²) in [4.78, 5) is 0. The fourth-order valence-electron chi connectivity index (χ4n) is 4.49. The Labute approximate surface area is 187 Å². The highest BCUT2D eigenvalue weighted by molar-refractivity contribution is 6.13. The van der Waals surface area contributed by atoms with Gasteiger partial charge in [-0.2, -0.15) is 0 Å². The first-order valence-corrected chi connectivity index (χ1v) is 11.0. The molecule has 0 aliphatic heterocycles. The maximum atomic E-state index is 15.2. The summed E-state index contributed by atoms with van der Waals surface area (Å²) in [5.41, 5.74) is 7.20. The Balaban J connectivity index is 1.81. The van der Waals surface area contributed by atoms with Crippen LogP contribution in [0.3, 0.4) is 0 Å². The highest BCUT2D eigenvalue weighted by atomic mass is 19.1. The van der Waals surface area contributed by atoms with Crippen molar-refractivity contribution in [3.63, 3.8) is 0 Å². The maximum absolute atomic E-state index is 15.2. The number of rotatable bonds is 2. The molecule has 0 spiro atoms. The van der Waals surface area contributed by atoms with E-state index in [0.29, 0.717) is 11.1 Å². The first-order chi connectivity index (χ1) is 15.3. The smallest absolute Gasteiger partial charge is 0.216 e. The minimum atomic E-state index is -0.274. The number of fused-ring (bicyclic) bond motifs is 3. The van der Waals surface area contributed by atoms with E-state index in [0.717, 1.165) is 38.7 Å². The molecule has 2 aromatic heterocycles. The summed E-state index contributed by atoms with van der Waals surface area (Å²) in [6.07, 6.45) is 2.03. The molecule has 0 radical (unpaired) electrons. The zero-order valence-corrected chi connectivity index (χ0v) is 19.2. The van der Waals surface area contributed by atoms with Crippen LogP contribution in [0.5, 0.6) is 0 Å². The molecule has 3 aromatic carbocycles. The molecule has 0 bridgehead atoms. The molecule has 32 heavy (non-hydrogen) atoms. The molecule has 3 heteroatoms.